The summed E-state index contributed by atoms with van der Waals surface area (Å²) in [5, 5.41) is 4.43. The molecule has 2 aromatic heterocycles. The van der Waals surface area contributed by atoms with Crippen molar-refractivity contribution in [2.24, 2.45) is 5.14 Å². The number of hydrogen-bond acceptors (Lipinski definition) is 8. The lowest BCUT2D eigenvalue weighted by Gasteiger charge is -2.25. The Balaban J connectivity index is 1.57. The van der Waals surface area contributed by atoms with Crippen LogP contribution in [0.4, 0.5) is 0 Å². The van der Waals surface area contributed by atoms with E-state index in [1.807, 2.05) is 6.92 Å². The summed E-state index contributed by atoms with van der Waals surface area (Å²) in [5.74, 6) is -0.785. The zero-order chi connectivity index (χ0) is 23.8. The molecule has 11 nitrogen and oxygen atoms in total. The molecule has 1 fully saturated rings. The van der Waals surface area contributed by atoms with E-state index in [-0.39, 0.29) is 17.3 Å². The van der Waals surface area contributed by atoms with E-state index < -0.39 is 31.1 Å². The fourth-order valence-corrected chi connectivity index (χ4v) is 5.82. The Labute approximate surface area is 191 Å². The second kappa shape index (κ2) is 8.89. The van der Waals surface area contributed by atoms with Gasteiger partial charge in [-0.3, -0.25) is 0 Å². The molecule has 4 rings (SSSR count). The normalized spacial score (nSPS) is 15.7. The molecule has 3 heterocycles. The number of primary sulfonamides is 1. The number of carbonyl (C=O) groups is 1. The third kappa shape index (κ3) is 4.67. The van der Waals surface area contributed by atoms with E-state index in [2.05, 4.69) is 4.98 Å². The maximum atomic E-state index is 13.0. The van der Waals surface area contributed by atoms with Crippen molar-refractivity contribution >= 4 is 37.0 Å². The van der Waals surface area contributed by atoms with E-state index in [4.69, 9.17) is 14.3 Å². The van der Waals surface area contributed by atoms with Crippen molar-refractivity contribution in [3.05, 3.63) is 41.9 Å². The first-order chi connectivity index (χ1) is 15.6. The topological polar surface area (TPSA) is 155 Å². The number of hydrogen-bond donors (Lipinski definition) is 1. The molecule has 2 N–H and O–H groups in total. The zero-order valence-electron chi connectivity index (χ0n) is 17.9. The summed E-state index contributed by atoms with van der Waals surface area (Å²) < 4.78 is 62.1. The molecular formula is C20H24N4O7S2. The Morgan fingerprint density at radius 2 is 1.85 bits per heavy atom. The van der Waals surface area contributed by atoms with Gasteiger partial charge in [0.2, 0.25) is 20.9 Å². The molecule has 1 aromatic carbocycles. The quantitative estimate of drug-likeness (QED) is 0.486. The van der Waals surface area contributed by atoms with Crippen molar-refractivity contribution in [1.29, 1.82) is 0 Å². The van der Waals surface area contributed by atoms with Crippen molar-refractivity contribution in [3.8, 4) is 0 Å². The van der Waals surface area contributed by atoms with Crippen LogP contribution in [0.25, 0.3) is 11.0 Å². The van der Waals surface area contributed by atoms with E-state index in [9.17, 15) is 21.6 Å². The largest absolute Gasteiger partial charge is 0.452 e. The molecule has 0 saturated carbocycles. The van der Waals surface area contributed by atoms with E-state index in [0.717, 1.165) is 31.4 Å². The molecule has 33 heavy (non-hydrogen) atoms. The maximum Gasteiger partial charge on any atom is 0.374 e. The highest BCUT2D eigenvalue weighted by Crippen LogP contribution is 2.25. The third-order valence-electron chi connectivity index (χ3n) is 5.46. The van der Waals surface area contributed by atoms with E-state index in [0.29, 0.717) is 36.5 Å². The number of imidazole rings is 1. The number of nitrogens with zero attached hydrogens (tertiary/aromatic N) is 3. The van der Waals surface area contributed by atoms with Gasteiger partial charge in [-0.05, 0) is 50.1 Å². The van der Waals surface area contributed by atoms with Crippen LogP contribution in [0, 0.1) is 0 Å². The average Bonchev–Trinajstić information content (AvgIpc) is 3.42. The second-order valence-electron chi connectivity index (χ2n) is 7.63. The van der Waals surface area contributed by atoms with Crippen LogP contribution in [0.1, 0.15) is 42.6 Å². The summed E-state index contributed by atoms with van der Waals surface area (Å²) in [6, 6.07) is 7.01. The number of rotatable bonds is 7. The summed E-state index contributed by atoms with van der Waals surface area (Å²) in [6.07, 6.45) is 2.71. The van der Waals surface area contributed by atoms with Gasteiger partial charge in [-0.15, -0.1) is 0 Å². The smallest absolute Gasteiger partial charge is 0.374 e. The third-order valence-corrected chi connectivity index (χ3v) is 8.14. The van der Waals surface area contributed by atoms with Crippen LogP contribution < -0.4 is 5.14 Å². The molecular weight excluding hydrogens is 472 g/mol. The van der Waals surface area contributed by atoms with Gasteiger partial charge in [0, 0.05) is 19.6 Å². The molecule has 1 aliphatic heterocycles. The molecule has 0 unspecified atom stereocenters. The van der Waals surface area contributed by atoms with E-state index >= 15 is 0 Å². The molecule has 1 saturated heterocycles. The summed E-state index contributed by atoms with van der Waals surface area (Å²) in [4.78, 5) is 16.9. The van der Waals surface area contributed by atoms with Crippen LogP contribution >= 0.6 is 0 Å². The highest BCUT2D eigenvalue weighted by molar-refractivity contribution is 7.89. The summed E-state index contributed by atoms with van der Waals surface area (Å²) in [7, 11) is -7.69. The van der Waals surface area contributed by atoms with Gasteiger partial charge in [-0.2, -0.15) is 4.31 Å². The van der Waals surface area contributed by atoms with Crippen molar-refractivity contribution in [3.63, 3.8) is 0 Å². The number of carbonyl (C=O) groups excluding carboxylic acids is 1. The highest BCUT2D eigenvalue weighted by atomic mass is 32.2. The van der Waals surface area contributed by atoms with Gasteiger partial charge in [-0.1, -0.05) is 6.42 Å². The Hall–Kier alpha value is -2.74. The lowest BCUT2D eigenvalue weighted by atomic mass is 10.2. The van der Waals surface area contributed by atoms with Crippen molar-refractivity contribution in [2.45, 2.75) is 49.3 Å². The van der Waals surface area contributed by atoms with Gasteiger partial charge >= 0.3 is 5.97 Å². The van der Waals surface area contributed by atoms with Gasteiger partial charge in [0.15, 0.2) is 0 Å². The molecule has 0 radical (unpaired) electrons. The molecule has 0 atom stereocenters. The number of esters is 1. The second-order valence-corrected chi connectivity index (χ2v) is 11.1. The Morgan fingerprint density at radius 1 is 1.12 bits per heavy atom. The summed E-state index contributed by atoms with van der Waals surface area (Å²) >= 11 is 0. The minimum atomic E-state index is -4.08. The van der Waals surface area contributed by atoms with Crippen molar-refractivity contribution in [1.82, 2.24) is 13.9 Å². The monoisotopic (exact) mass is 496 g/mol. The first-order valence-electron chi connectivity index (χ1n) is 10.4. The molecule has 13 heteroatoms. The maximum absolute atomic E-state index is 13.0. The molecule has 0 bridgehead atoms. The van der Waals surface area contributed by atoms with Gasteiger partial charge in [0.1, 0.15) is 12.4 Å². The number of aromatic nitrogens is 2. The SMILES string of the molecule is CCn1c(COC(=O)c2ccc(S(N)(=O)=O)o2)nc2cc(S(=O)(=O)N3CCCCC3)ccc21. The van der Waals surface area contributed by atoms with E-state index in [1.54, 1.807) is 16.7 Å². The van der Waals surface area contributed by atoms with Gasteiger partial charge in [0.25, 0.3) is 10.0 Å². The van der Waals surface area contributed by atoms with Crippen LogP contribution in [0.5, 0.6) is 0 Å². The van der Waals surface area contributed by atoms with Crippen LogP contribution in [0.3, 0.4) is 0 Å². The minimum absolute atomic E-state index is 0.173. The molecule has 0 aliphatic carbocycles. The van der Waals surface area contributed by atoms with Gasteiger partial charge in [0.05, 0.1) is 15.9 Å². The van der Waals surface area contributed by atoms with Crippen LogP contribution in [-0.2, 0) is 37.9 Å². The van der Waals surface area contributed by atoms with Gasteiger partial charge < -0.3 is 13.7 Å². The van der Waals surface area contributed by atoms with E-state index in [1.165, 1.54) is 10.4 Å². The average molecular weight is 497 g/mol. The number of furan rings is 1. The predicted molar refractivity (Wildman–Crippen MR) is 117 cm³/mol. The van der Waals surface area contributed by atoms with Crippen LogP contribution in [0.2, 0.25) is 0 Å². The Bertz CT molecular complexity index is 1400. The first kappa shape index (κ1) is 23.4. The molecule has 1 aliphatic rings. The number of nitrogens with two attached hydrogens (primary N) is 1. The molecule has 178 valence electrons. The number of piperidine rings is 1. The fourth-order valence-electron chi connectivity index (χ4n) is 3.82. The Morgan fingerprint density at radius 3 is 2.48 bits per heavy atom. The zero-order valence-corrected chi connectivity index (χ0v) is 19.6. The summed E-state index contributed by atoms with van der Waals surface area (Å²) in [5.41, 5.74) is 1.17. The number of fused-ring (bicyclic) bond motifs is 1. The lowest BCUT2D eigenvalue weighted by Crippen LogP contribution is -2.35. The lowest BCUT2D eigenvalue weighted by molar-refractivity contribution is 0.0416. The molecule has 0 amide bonds. The van der Waals surface area contributed by atoms with Crippen LogP contribution in [0.15, 0.2) is 44.7 Å². The minimum Gasteiger partial charge on any atom is -0.452 e. The Kier molecular flexibility index (Phi) is 6.31. The molecule has 0 spiro atoms. The first-order valence-corrected chi connectivity index (χ1v) is 13.4. The van der Waals surface area contributed by atoms with Crippen molar-refractivity contribution in [2.75, 3.05) is 13.1 Å². The predicted octanol–water partition coefficient (Wildman–Crippen LogP) is 1.83. The van der Waals surface area contributed by atoms with Gasteiger partial charge in [-0.25, -0.2) is 31.8 Å². The molecule has 3 aromatic rings. The number of aryl methyl sites for hydroxylation is 1. The number of ether oxygens (including phenoxy) is 1. The highest BCUT2D eigenvalue weighted by Gasteiger charge is 2.27. The summed E-state index contributed by atoms with van der Waals surface area (Å²) in [6.45, 7) is 3.19. The number of benzene rings is 1. The number of sulfonamides is 2. The van der Waals surface area contributed by atoms with Crippen LogP contribution in [-0.4, -0.2) is 49.8 Å². The van der Waals surface area contributed by atoms with Crippen molar-refractivity contribution < 1.29 is 30.8 Å². The standard InChI is InChI=1S/C20H24N4O7S2/c1-2-24-16-7-6-14(33(28,29)23-10-4-3-5-11-23)12-15(16)22-18(24)13-30-20(25)17-8-9-19(31-17)32(21,26)27/h6-9,12H,2-5,10-11,13H2,1H3,(H2,21,26,27). The fraction of sp³-hybridized carbons (Fsp3) is 0.400.